The van der Waals surface area contributed by atoms with Crippen molar-refractivity contribution in [3.63, 3.8) is 0 Å². The Morgan fingerprint density at radius 3 is 2.28 bits per heavy atom. The van der Waals surface area contributed by atoms with Gasteiger partial charge in [-0.05, 0) is 40.2 Å². The number of hydrogen-bond donors (Lipinski definition) is 1. The summed E-state index contributed by atoms with van der Waals surface area (Å²) in [5.41, 5.74) is 0.618. The second-order valence-corrected chi connectivity index (χ2v) is 8.58. The molecule has 2 saturated heterocycles. The summed E-state index contributed by atoms with van der Waals surface area (Å²) in [5.74, 6) is -0.643. The van der Waals surface area contributed by atoms with Crippen molar-refractivity contribution >= 4 is 0 Å². The lowest BCUT2D eigenvalue weighted by Gasteiger charge is -2.56. The Hall–Kier alpha value is -0.980. The van der Waals surface area contributed by atoms with E-state index in [1.54, 1.807) is 0 Å². The maximum atomic E-state index is 9.40. The summed E-state index contributed by atoms with van der Waals surface area (Å²) in [4.78, 5) is 6.44. The SMILES string of the molecule is CC(ON1C(C)(C)CC2(CC1(C)C)OCC(CO)O2)c1ccccc1. The van der Waals surface area contributed by atoms with E-state index in [0.29, 0.717) is 19.4 Å². The summed E-state index contributed by atoms with van der Waals surface area (Å²) >= 11 is 0. The van der Waals surface area contributed by atoms with E-state index in [1.165, 1.54) is 0 Å². The number of rotatable bonds is 4. The molecule has 1 aromatic rings. The lowest BCUT2D eigenvalue weighted by molar-refractivity contribution is -0.351. The van der Waals surface area contributed by atoms with E-state index in [0.717, 1.165) is 5.56 Å². The Morgan fingerprint density at radius 2 is 1.76 bits per heavy atom. The number of piperidine rings is 1. The van der Waals surface area contributed by atoms with Crippen LogP contribution in [-0.4, -0.2) is 46.4 Å². The smallest absolute Gasteiger partial charge is 0.172 e. The van der Waals surface area contributed by atoms with Crippen LogP contribution in [0.5, 0.6) is 0 Å². The van der Waals surface area contributed by atoms with Gasteiger partial charge in [-0.15, -0.1) is 0 Å². The molecule has 0 bridgehead atoms. The van der Waals surface area contributed by atoms with E-state index in [9.17, 15) is 5.11 Å². The molecular formula is C20H31NO4. The molecule has 0 radical (unpaired) electrons. The van der Waals surface area contributed by atoms with Crippen molar-refractivity contribution in [3.8, 4) is 0 Å². The molecule has 2 heterocycles. The maximum absolute atomic E-state index is 9.40. The third-order valence-electron chi connectivity index (χ3n) is 5.15. The molecule has 5 heteroatoms. The highest BCUT2D eigenvalue weighted by atomic mass is 16.8. The van der Waals surface area contributed by atoms with Gasteiger partial charge in [0.15, 0.2) is 5.79 Å². The molecule has 0 amide bonds. The highest BCUT2D eigenvalue weighted by Gasteiger charge is 2.57. The van der Waals surface area contributed by atoms with E-state index < -0.39 is 5.79 Å². The van der Waals surface area contributed by atoms with Gasteiger partial charge >= 0.3 is 0 Å². The van der Waals surface area contributed by atoms with Gasteiger partial charge in [0, 0.05) is 23.9 Å². The molecule has 2 atom stereocenters. The Bertz CT molecular complexity index is 569. The van der Waals surface area contributed by atoms with Crippen LogP contribution in [0, 0.1) is 0 Å². The van der Waals surface area contributed by atoms with Crippen molar-refractivity contribution in [3.05, 3.63) is 35.9 Å². The first-order chi connectivity index (χ1) is 11.7. The minimum absolute atomic E-state index is 0.00609. The molecule has 3 rings (SSSR count). The monoisotopic (exact) mass is 349 g/mol. The maximum Gasteiger partial charge on any atom is 0.172 e. The summed E-state index contributed by atoms with van der Waals surface area (Å²) in [6.45, 7) is 11.2. The Labute approximate surface area is 150 Å². The van der Waals surface area contributed by atoms with E-state index in [-0.39, 0.29) is 29.9 Å². The molecule has 0 aromatic heterocycles. The fourth-order valence-corrected chi connectivity index (χ4v) is 4.46. The summed E-state index contributed by atoms with van der Waals surface area (Å²) in [6.07, 6.45) is 1.12. The molecule has 2 aliphatic rings. The second kappa shape index (κ2) is 6.63. The van der Waals surface area contributed by atoms with Crippen LogP contribution < -0.4 is 0 Å². The van der Waals surface area contributed by atoms with Crippen molar-refractivity contribution in [2.75, 3.05) is 13.2 Å². The summed E-state index contributed by atoms with van der Waals surface area (Å²) in [5, 5.41) is 11.5. The molecule has 2 unspecified atom stereocenters. The minimum atomic E-state index is -0.643. The molecule has 1 aromatic carbocycles. The molecule has 0 aliphatic carbocycles. The van der Waals surface area contributed by atoms with Crippen molar-refractivity contribution in [1.29, 1.82) is 0 Å². The van der Waals surface area contributed by atoms with Crippen molar-refractivity contribution in [2.24, 2.45) is 0 Å². The van der Waals surface area contributed by atoms with Crippen LogP contribution in [0.1, 0.15) is 59.1 Å². The lowest BCUT2D eigenvalue weighted by atomic mass is 9.78. The van der Waals surface area contributed by atoms with Crippen molar-refractivity contribution in [1.82, 2.24) is 5.06 Å². The molecule has 5 nitrogen and oxygen atoms in total. The first kappa shape index (κ1) is 18.8. The number of nitrogens with zero attached hydrogens (tertiary/aromatic N) is 1. The van der Waals surface area contributed by atoms with Crippen LogP contribution in [0.3, 0.4) is 0 Å². The van der Waals surface area contributed by atoms with Gasteiger partial charge in [0.2, 0.25) is 0 Å². The van der Waals surface area contributed by atoms with Crippen LogP contribution in [0.4, 0.5) is 0 Å². The summed E-state index contributed by atoms with van der Waals surface area (Å²) in [6, 6.07) is 10.3. The largest absolute Gasteiger partial charge is 0.394 e. The number of benzene rings is 1. The van der Waals surface area contributed by atoms with Gasteiger partial charge in [0.25, 0.3) is 0 Å². The first-order valence-corrected chi connectivity index (χ1v) is 9.12. The number of aliphatic hydroxyl groups excluding tert-OH is 1. The predicted molar refractivity (Wildman–Crippen MR) is 95.8 cm³/mol. The van der Waals surface area contributed by atoms with Crippen LogP contribution in [-0.2, 0) is 14.3 Å². The van der Waals surface area contributed by atoms with Crippen LogP contribution in [0.25, 0.3) is 0 Å². The average molecular weight is 349 g/mol. The van der Waals surface area contributed by atoms with Crippen LogP contribution >= 0.6 is 0 Å². The second-order valence-electron chi connectivity index (χ2n) is 8.58. The van der Waals surface area contributed by atoms with Gasteiger partial charge in [-0.25, -0.2) is 0 Å². The molecular weight excluding hydrogens is 318 g/mol. The fraction of sp³-hybridized carbons (Fsp3) is 0.700. The molecule has 140 valence electrons. The van der Waals surface area contributed by atoms with Gasteiger partial charge in [0.1, 0.15) is 12.2 Å². The molecule has 25 heavy (non-hydrogen) atoms. The summed E-state index contributed by atoms with van der Waals surface area (Å²) < 4.78 is 12.1. The van der Waals surface area contributed by atoms with Gasteiger partial charge < -0.3 is 14.6 Å². The highest BCUT2D eigenvalue weighted by Crippen LogP contribution is 2.49. The third-order valence-corrected chi connectivity index (χ3v) is 5.15. The van der Waals surface area contributed by atoms with E-state index in [4.69, 9.17) is 14.3 Å². The third kappa shape index (κ3) is 3.76. The van der Waals surface area contributed by atoms with Gasteiger partial charge in [-0.1, -0.05) is 30.3 Å². The van der Waals surface area contributed by atoms with E-state index in [1.807, 2.05) is 18.2 Å². The zero-order chi connectivity index (χ0) is 18.3. The molecule has 1 N–H and O–H groups in total. The minimum Gasteiger partial charge on any atom is -0.394 e. The predicted octanol–water partition coefficient (Wildman–Crippen LogP) is 3.44. The number of aliphatic hydroxyl groups is 1. The number of hydroxylamine groups is 2. The lowest BCUT2D eigenvalue weighted by Crippen LogP contribution is -2.65. The van der Waals surface area contributed by atoms with Gasteiger partial charge in [-0.2, -0.15) is 5.06 Å². The van der Waals surface area contributed by atoms with Crippen LogP contribution in [0.15, 0.2) is 30.3 Å². The Kier molecular flexibility index (Phi) is 4.99. The zero-order valence-corrected chi connectivity index (χ0v) is 16.0. The standard InChI is InChI=1S/C20H31NO4/c1-15(16-9-7-6-8-10-16)25-21-18(2,3)13-20(14-19(21,4)5)23-12-17(11-22)24-20/h6-10,15,17,22H,11-14H2,1-5H3. The highest BCUT2D eigenvalue weighted by molar-refractivity contribution is 5.17. The van der Waals surface area contributed by atoms with Crippen molar-refractivity contribution in [2.45, 2.75) is 76.5 Å². The molecule has 2 aliphatic heterocycles. The Morgan fingerprint density at radius 1 is 1.16 bits per heavy atom. The number of hydrogen-bond acceptors (Lipinski definition) is 5. The average Bonchev–Trinajstić information content (AvgIpc) is 2.92. The topological polar surface area (TPSA) is 51.2 Å². The zero-order valence-electron chi connectivity index (χ0n) is 16.0. The van der Waals surface area contributed by atoms with Crippen LogP contribution in [0.2, 0.25) is 0 Å². The molecule has 0 saturated carbocycles. The van der Waals surface area contributed by atoms with Crippen molar-refractivity contribution < 1.29 is 19.4 Å². The quantitative estimate of drug-likeness (QED) is 0.902. The normalized spacial score (nSPS) is 29.0. The summed E-state index contributed by atoms with van der Waals surface area (Å²) in [7, 11) is 0. The van der Waals surface area contributed by atoms with Gasteiger partial charge in [-0.3, -0.25) is 4.84 Å². The Balaban J connectivity index is 1.79. The van der Waals surface area contributed by atoms with E-state index >= 15 is 0 Å². The van der Waals surface area contributed by atoms with Gasteiger partial charge in [0.05, 0.1) is 13.2 Å². The molecule has 1 spiro atoms. The van der Waals surface area contributed by atoms with E-state index in [2.05, 4.69) is 51.8 Å². The fourth-order valence-electron chi connectivity index (χ4n) is 4.46. The number of ether oxygens (including phenoxy) is 2. The first-order valence-electron chi connectivity index (χ1n) is 9.12. The molecule has 2 fully saturated rings.